The summed E-state index contributed by atoms with van der Waals surface area (Å²) in [6.45, 7) is 11.9. The van der Waals surface area contributed by atoms with E-state index in [0.29, 0.717) is 52.6 Å². The fraction of sp³-hybridized carbons (Fsp3) is 0.481. The summed E-state index contributed by atoms with van der Waals surface area (Å²) in [6.07, 6.45) is 2.25. The molecule has 0 atom stereocenters. The molecule has 1 aromatic carbocycles. The number of aryl methyl sites for hydroxylation is 1. The zero-order chi connectivity index (χ0) is 26.0. The molecule has 1 aliphatic rings. The standard InChI is InChI=1S/C27H35FN2O5Si/c1-6-34-27(32)22-14-21-24(26(31)29-22)17(2)30(16-33-11-12-36(3,4)5)25(21)20-13-19(28)9-10-23(20)35-15-18-7-8-18/h9-10,13-14,18H,6-8,11-12,15-16H2,1-5H3,(H,29,31). The molecule has 2 heterocycles. The topological polar surface area (TPSA) is 82.5 Å². The molecule has 9 heteroatoms. The monoisotopic (exact) mass is 514 g/mol. The normalized spacial score (nSPS) is 13.8. The van der Waals surface area contributed by atoms with Gasteiger partial charge in [-0.3, -0.25) is 4.79 Å². The van der Waals surface area contributed by atoms with Crippen LogP contribution in [0.4, 0.5) is 4.39 Å². The Labute approximate surface area is 211 Å². The van der Waals surface area contributed by atoms with Gasteiger partial charge >= 0.3 is 5.97 Å². The molecule has 1 N–H and O–H groups in total. The predicted octanol–water partition coefficient (Wildman–Crippen LogP) is 5.72. The Kier molecular flexibility index (Phi) is 7.70. The number of H-pyrrole nitrogens is 1. The van der Waals surface area contributed by atoms with Crippen LogP contribution in [0.15, 0.2) is 29.1 Å². The number of rotatable bonds is 11. The Hall–Kier alpha value is -2.91. The predicted molar refractivity (Wildman–Crippen MR) is 141 cm³/mol. The number of hydrogen-bond donors (Lipinski definition) is 1. The maximum atomic E-state index is 14.6. The van der Waals surface area contributed by atoms with Crippen LogP contribution >= 0.6 is 0 Å². The maximum absolute atomic E-state index is 14.6. The fourth-order valence-electron chi connectivity index (χ4n) is 4.16. The van der Waals surface area contributed by atoms with Gasteiger partial charge in [-0.25, -0.2) is 9.18 Å². The van der Waals surface area contributed by atoms with Crippen LogP contribution in [-0.4, -0.2) is 43.4 Å². The van der Waals surface area contributed by atoms with E-state index < -0.39 is 25.4 Å². The van der Waals surface area contributed by atoms with Crippen LogP contribution in [0.25, 0.3) is 22.0 Å². The van der Waals surface area contributed by atoms with Crippen LogP contribution in [0.5, 0.6) is 5.75 Å². The second-order valence-electron chi connectivity index (χ2n) is 10.6. The number of pyridine rings is 1. The summed E-state index contributed by atoms with van der Waals surface area (Å²) in [5.74, 6) is 0.00136. The van der Waals surface area contributed by atoms with Gasteiger partial charge in [0.05, 0.1) is 24.3 Å². The largest absolute Gasteiger partial charge is 0.493 e. The van der Waals surface area contributed by atoms with Gasteiger partial charge in [-0.2, -0.15) is 0 Å². The highest BCUT2D eigenvalue weighted by molar-refractivity contribution is 6.76. The van der Waals surface area contributed by atoms with Gasteiger partial charge in [-0.05, 0) is 62.9 Å². The molecule has 7 nitrogen and oxygen atoms in total. The van der Waals surface area contributed by atoms with E-state index in [1.807, 2.05) is 11.5 Å². The van der Waals surface area contributed by atoms with Crippen molar-refractivity contribution in [2.24, 2.45) is 5.92 Å². The number of aromatic nitrogens is 2. The van der Waals surface area contributed by atoms with Gasteiger partial charge in [0.25, 0.3) is 5.56 Å². The third-order valence-corrected chi connectivity index (χ3v) is 8.11. The van der Waals surface area contributed by atoms with Gasteiger partial charge in [0.15, 0.2) is 0 Å². The molecule has 0 amide bonds. The zero-order valence-corrected chi connectivity index (χ0v) is 22.7. The van der Waals surface area contributed by atoms with Crippen LogP contribution in [-0.2, 0) is 16.2 Å². The van der Waals surface area contributed by atoms with E-state index in [4.69, 9.17) is 14.2 Å². The lowest BCUT2D eigenvalue weighted by Crippen LogP contribution is -2.22. The van der Waals surface area contributed by atoms with Crippen molar-refractivity contribution in [3.63, 3.8) is 0 Å². The summed E-state index contributed by atoms with van der Waals surface area (Å²) in [6, 6.07) is 7.00. The minimum Gasteiger partial charge on any atom is -0.493 e. The molecule has 1 saturated carbocycles. The number of nitrogens with one attached hydrogen (secondary N) is 1. The molecule has 3 aromatic rings. The Bertz CT molecular complexity index is 1320. The van der Waals surface area contributed by atoms with Crippen LogP contribution in [0.1, 0.15) is 35.9 Å². The molecule has 36 heavy (non-hydrogen) atoms. The molecule has 0 aliphatic heterocycles. The van der Waals surface area contributed by atoms with E-state index in [2.05, 4.69) is 24.6 Å². The summed E-state index contributed by atoms with van der Waals surface area (Å²) in [5, 5.41) is 0.944. The first-order valence-corrected chi connectivity index (χ1v) is 16.2. The number of carbonyl (C=O) groups is 1. The van der Waals surface area contributed by atoms with E-state index in [1.165, 1.54) is 12.1 Å². The number of carbonyl (C=O) groups excluding carboxylic acids is 1. The Morgan fingerprint density at radius 2 is 1.97 bits per heavy atom. The number of ether oxygens (including phenoxy) is 3. The van der Waals surface area contributed by atoms with Crippen LogP contribution in [0.2, 0.25) is 25.7 Å². The Morgan fingerprint density at radius 1 is 1.22 bits per heavy atom. The first kappa shape index (κ1) is 26.2. The lowest BCUT2D eigenvalue weighted by atomic mass is 10.1. The van der Waals surface area contributed by atoms with Crippen molar-refractivity contribution < 1.29 is 23.4 Å². The van der Waals surface area contributed by atoms with Crippen molar-refractivity contribution in [3.8, 4) is 17.0 Å². The van der Waals surface area contributed by atoms with Crippen molar-refractivity contribution in [1.29, 1.82) is 0 Å². The second kappa shape index (κ2) is 10.6. The fourth-order valence-corrected chi connectivity index (χ4v) is 4.92. The molecule has 0 radical (unpaired) electrons. The SMILES string of the molecule is CCOC(=O)c1cc2c(-c3cc(F)ccc3OCC3CC3)n(COCC[Si](C)(C)C)c(C)c2c(=O)[nH]1. The lowest BCUT2D eigenvalue weighted by Gasteiger charge is -2.18. The summed E-state index contributed by atoms with van der Waals surface area (Å²) < 4.78 is 33.7. The molecule has 1 fully saturated rings. The van der Waals surface area contributed by atoms with Crippen molar-refractivity contribution in [2.75, 3.05) is 19.8 Å². The number of nitrogens with zero attached hydrogens (tertiary/aromatic N) is 1. The van der Waals surface area contributed by atoms with Gasteiger partial charge in [-0.1, -0.05) is 19.6 Å². The van der Waals surface area contributed by atoms with Crippen molar-refractivity contribution in [2.45, 2.75) is 59.1 Å². The van der Waals surface area contributed by atoms with Gasteiger partial charge < -0.3 is 23.8 Å². The quantitative estimate of drug-likeness (QED) is 0.201. The van der Waals surface area contributed by atoms with Gasteiger partial charge in [0, 0.05) is 31.3 Å². The van der Waals surface area contributed by atoms with Gasteiger partial charge in [0.2, 0.25) is 0 Å². The molecule has 4 rings (SSSR count). The minimum absolute atomic E-state index is 0.0456. The first-order chi connectivity index (χ1) is 17.1. The third kappa shape index (κ3) is 5.90. The highest BCUT2D eigenvalue weighted by Crippen LogP contribution is 2.39. The van der Waals surface area contributed by atoms with Crippen LogP contribution < -0.4 is 10.3 Å². The Morgan fingerprint density at radius 3 is 2.64 bits per heavy atom. The van der Waals surface area contributed by atoms with Crippen LogP contribution in [0.3, 0.4) is 0 Å². The van der Waals surface area contributed by atoms with Gasteiger partial charge in [0.1, 0.15) is 24.0 Å². The van der Waals surface area contributed by atoms with Gasteiger partial charge in [-0.15, -0.1) is 0 Å². The summed E-state index contributed by atoms with van der Waals surface area (Å²) in [7, 11) is -1.30. The number of fused-ring (bicyclic) bond motifs is 1. The molecular weight excluding hydrogens is 479 g/mol. The van der Waals surface area contributed by atoms with Crippen molar-refractivity contribution in [1.82, 2.24) is 9.55 Å². The number of halogens is 1. The molecule has 0 saturated heterocycles. The molecule has 194 valence electrons. The average molecular weight is 515 g/mol. The summed E-state index contributed by atoms with van der Waals surface area (Å²) in [5.41, 5.74) is 1.40. The number of aromatic amines is 1. The van der Waals surface area contributed by atoms with Crippen molar-refractivity contribution in [3.05, 3.63) is 51.8 Å². The van der Waals surface area contributed by atoms with E-state index in [9.17, 15) is 14.0 Å². The summed E-state index contributed by atoms with van der Waals surface area (Å²) in [4.78, 5) is 28.3. The number of hydrogen-bond acceptors (Lipinski definition) is 5. The number of esters is 1. The molecular formula is C27H35FN2O5Si. The smallest absolute Gasteiger partial charge is 0.354 e. The molecule has 2 aromatic heterocycles. The van der Waals surface area contributed by atoms with Crippen molar-refractivity contribution >= 4 is 24.8 Å². The minimum atomic E-state index is -1.30. The van der Waals surface area contributed by atoms with Crippen LogP contribution in [0, 0.1) is 18.7 Å². The van der Waals surface area contributed by atoms with E-state index in [0.717, 1.165) is 18.9 Å². The second-order valence-corrected chi connectivity index (χ2v) is 16.2. The summed E-state index contributed by atoms with van der Waals surface area (Å²) >= 11 is 0. The zero-order valence-electron chi connectivity index (χ0n) is 21.7. The molecule has 1 aliphatic carbocycles. The number of benzene rings is 1. The van der Waals surface area contributed by atoms with E-state index in [-0.39, 0.29) is 19.0 Å². The van der Waals surface area contributed by atoms with E-state index in [1.54, 1.807) is 19.1 Å². The molecule has 0 spiro atoms. The molecule has 0 bridgehead atoms. The third-order valence-electron chi connectivity index (χ3n) is 6.41. The van der Waals surface area contributed by atoms with E-state index >= 15 is 0 Å². The molecule has 0 unspecified atom stereocenters. The first-order valence-electron chi connectivity index (χ1n) is 12.5. The Balaban J connectivity index is 1.87. The highest BCUT2D eigenvalue weighted by atomic mass is 28.3. The lowest BCUT2D eigenvalue weighted by molar-refractivity contribution is 0.0519. The average Bonchev–Trinajstić information content (AvgIpc) is 3.59. The maximum Gasteiger partial charge on any atom is 0.354 e. The highest BCUT2D eigenvalue weighted by Gasteiger charge is 2.26.